The van der Waals surface area contributed by atoms with Gasteiger partial charge in [0.25, 0.3) is 0 Å². The number of aliphatic imine (C=N–C) groups is 1. The summed E-state index contributed by atoms with van der Waals surface area (Å²) < 4.78 is 5.29. The molecule has 1 aromatic carbocycles. The molecule has 0 spiro atoms. The quantitative estimate of drug-likeness (QED) is 0.555. The Morgan fingerprint density at radius 2 is 1.88 bits per heavy atom. The number of methoxy groups -OCH3 is 1. The van der Waals surface area contributed by atoms with Gasteiger partial charge in [0.05, 0.1) is 13.7 Å². The van der Waals surface area contributed by atoms with E-state index in [1.807, 2.05) is 6.20 Å². The molecule has 1 unspecified atom stereocenters. The number of likely N-dealkylation sites (tertiary alicyclic amines) is 1. The van der Waals surface area contributed by atoms with E-state index in [1.165, 1.54) is 5.56 Å². The largest absolute Gasteiger partial charge is 0.497 e. The van der Waals surface area contributed by atoms with E-state index in [2.05, 4.69) is 70.4 Å². The SMILES string of the molecule is CCNC(=NCc1ccc(N2CCN(C)CC2)nc1)N1CCC(c2ccc(OC)cc2)C1. The van der Waals surface area contributed by atoms with Crippen molar-refractivity contribution in [3.8, 4) is 5.75 Å². The smallest absolute Gasteiger partial charge is 0.194 e. The number of guanidine groups is 1. The van der Waals surface area contributed by atoms with Crippen LogP contribution in [0, 0.1) is 0 Å². The summed E-state index contributed by atoms with van der Waals surface area (Å²) in [6.45, 7) is 9.89. The molecule has 7 nitrogen and oxygen atoms in total. The first-order chi connectivity index (χ1) is 15.7. The number of hydrogen-bond acceptors (Lipinski definition) is 5. The lowest BCUT2D eigenvalue weighted by Crippen LogP contribution is -2.44. The van der Waals surface area contributed by atoms with Crippen LogP contribution in [0.2, 0.25) is 0 Å². The van der Waals surface area contributed by atoms with Gasteiger partial charge in [-0.25, -0.2) is 9.98 Å². The van der Waals surface area contributed by atoms with Gasteiger partial charge in [0, 0.05) is 57.9 Å². The van der Waals surface area contributed by atoms with Crippen molar-refractivity contribution < 1.29 is 4.74 Å². The summed E-state index contributed by atoms with van der Waals surface area (Å²) in [7, 11) is 3.88. The van der Waals surface area contributed by atoms with Crippen LogP contribution in [0.1, 0.15) is 30.4 Å². The predicted octanol–water partition coefficient (Wildman–Crippen LogP) is 2.80. The number of rotatable bonds is 6. The van der Waals surface area contributed by atoms with Crippen molar-refractivity contribution in [3.63, 3.8) is 0 Å². The Bertz CT molecular complexity index is 874. The number of benzene rings is 1. The fourth-order valence-corrected chi connectivity index (χ4v) is 4.43. The molecule has 2 aliphatic heterocycles. The number of nitrogens with zero attached hydrogens (tertiary/aromatic N) is 5. The van der Waals surface area contributed by atoms with Crippen molar-refractivity contribution in [2.45, 2.75) is 25.8 Å². The lowest BCUT2D eigenvalue weighted by Gasteiger charge is -2.33. The highest BCUT2D eigenvalue weighted by Crippen LogP contribution is 2.28. The molecular formula is C25H36N6O. The summed E-state index contributed by atoms with van der Waals surface area (Å²) in [4.78, 5) is 16.7. The molecule has 4 rings (SSSR count). The van der Waals surface area contributed by atoms with Crippen LogP contribution in [-0.4, -0.2) is 80.7 Å². The molecule has 2 saturated heterocycles. The van der Waals surface area contributed by atoms with Crippen LogP contribution in [0.15, 0.2) is 47.6 Å². The highest BCUT2D eigenvalue weighted by Gasteiger charge is 2.26. The van der Waals surface area contributed by atoms with Gasteiger partial charge in [0.15, 0.2) is 5.96 Å². The van der Waals surface area contributed by atoms with Crippen molar-refractivity contribution in [1.82, 2.24) is 20.1 Å². The zero-order valence-corrected chi connectivity index (χ0v) is 19.6. The lowest BCUT2D eigenvalue weighted by atomic mass is 9.98. The van der Waals surface area contributed by atoms with Crippen molar-refractivity contribution in [2.24, 2.45) is 4.99 Å². The van der Waals surface area contributed by atoms with Crippen molar-refractivity contribution in [1.29, 1.82) is 0 Å². The Balaban J connectivity index is 1.36. The van der Waals surface area contributed by atoms with Gasteiger partial charge in [-0.1, -0.05) is 18.2 Å². The third-order valence-corrected chi connectivity index (χ3v) is 6.46. The predicted molar refractivity (Wildman–Crippen MR) is 131 cm³/mol. The normalized spacial score (nSPS) is 20.0. The van der Waals surface area contributed by atoms with E-state index < -0.39 is 0 Å². The van der Waals surface area contributed by atoms with Crippen LogP contribution in [-0.2, 0) is 6.54 Å². The Morgan fingerprint density at radius 1 is 1.09 bits per heavy atom. The van der Waals surface area contributed by atoms with Crippen LogP contribution in [0.25, 0.3) is 0 Å². The Hall–Kier alpha value is -2.80. The van der Waals surface area contributed by atoms with Crippen LogP contribution in [0.3, 0.4) is 0 Å². The van der Waals surface area contributed by atoms with Crippen LogP contribution >= 0.6 is 0 Å². The number of nitrogens with one attached hydrogen (secondary N) is 1. The fourth-order valence-electron chi connectivity index (χ4n) is 4.43. The molecule has 1 atom stereocenters. The third kappa shape index (κ3) is 5.51. The monoisotopic (exact) mass is 436 g/mol. The van der Waals surface area contributed by atoms with E-state index >= 15 is 0 Å². The molecule has 2 fully saturated rings. The van der Waals surface area contributed by atoms with Gasteiger partial charge in [-0.05, 0) is 49.7 Å². The van der Waals surface area contributed by atoms with E-state index in [1.54, 1.807) is 7.11 Å². The van der Waals surface area contributed by atoms with Gasteiger partial charge >= 0.3 is 0 Å². The number of piperazine rings is 1. The van der Waals surface area contributed by atoms with Gasteiger partial charge in [-0.15, -0.1) is 0 Å². The molecule has 0 saturated carbocycles. The average Bonchev–Trinajstić information content (AvgIpc) is 3.33. The highest BCUT2D eigenvalue weighted by molar-refractivity contribution is 5.80. The van der Waals surface area contributed by atoms with Gasteiger partial charge in [-0.3, -0.25) is 0 Å². The standard InChI is InChI=1S/C25H36N6O/c1-4-26-25(31-12-11-22(19-31)21-6-8-23(32-3)9-7-21)28-18-20-5-10-24(27-17-20)30-15-13-29(2)14-16-30/h5-10,17,22H,4,11-16,18-19H2,1-3H3,(H,26,28). The molecule has 32 heavy (non-hydrogen) atoms. The molecule has 172 valence electrons. The highest BCUT2D eigenvalue weighted by atomic mass is 16.5. The molecule has 0 amide bonds. The van der Waals surface area contributed by atoms with E-state index in [9.17, 15) is 0 Å². The minimum absolute atomic E-state index is 0.523. The Morgan fingerprint density at radius 3 is 2.53 bits per heavy atom. The van der Waals surface area contributed by atoms with E-state index in [4.69, 9.17) is 14.7 Å². The van der Waals surface area contributed by atoms with Crippen LogP contribution < -0.4 is 15.0 Å². The molecule has 0 radical (unpaired) electrons. The molecule has 0 bridgehead atoms. The maximum absolute atomic E-state index is 5.29. The lowest BCUT2D eigenvalue weighted by molar-refractivity contribution is 0.312. The minimum Gasteiger partial charge on any atom is -0.497 e. The molecule has 3 heterocycles. The number of aromatic nitrogens is 1. The van der Waals surface area contributed by atoms with Crippen molar-refractivity contribution in [2.75, 3.05) is 64.9 Å². The van der Waals surface area contributed by atoms with Crippen LogP contribution in [0.5, 0.6) is 5.75 Å². The first kappa shape index (κ1) is 22.4. The molecule has 7 heteroatoms. The van der Waals surface area contributed by atoms with E-state index in [0.29, 0.717) is 12.5 Å². The average molecular weight is 437 g/mol. The third-order valence-electron chi connectivity index (χ3n) is 6.46. The second kappa shape index (κ2) is 10.7. The second-order valence-electron chi connectivity index (χ2n) is 8.69. The summed E-state index contributed by atoms with van der Waals surface area (Å²) in [5, 5.41) is 3.47. The van der Waals surface area contributed by atoms with Crippen molar-refractivity contribution in [3.05, 3.63) is 53.7 Å². The Kier molecular flexibility index (Phi) is 7.47. The first-order valence-corrected chi connectivity index (χ1v) is 11.7. The minimum atomic E-state index is 0.523. The molecule has 2 aliphatic rings. The number of hydrogen-bond donors (Lipinski definition) is 1. The molecular weight excluding hydrogens is 400 g/mol. The summed E-state index contributed by atoms with van der Waals surface area (Å²) in [6, 6.07) is 12.8. The Labute approximate surface area is 192 Å². The summed E-state index contributed by atoms with van der Waals surface area (Å²) >= 11 is 0. The maximum Gasteiger partial charge on any atom is 0.194 e. The number of ether oxygens (including phenoxy) is 1. The fraction of sp³-hybridized carbons (Fsp3) is 0.520. The molecule has 0 aliphatic carbocycles. The summed E-state index contributed by atoms with van der Waals surface area (Å²) in [5.74, 6) is 3.49. The van der Waals surface area contributed by atoms with Gasteiger partial charge in [0.2, 0.25) is 0 Å². The molecule has 1 N–H and O–H groups in total. The van der Waals surface area contributed by atoms with Crippen LogP contribution in [0.4, 0.5) is 5.82 Å². The van der Waals surface area contributed by atoms with E-state index in [0.717, 1.165) is 75.3 Å². The zero-order chi connectivity index (χ0) is 22.3. The zero-order valence-electron chi connectivity index (χ0n) is 19.6. The molecule has 2 aromatic rings. The maximum atomic E-state index is 5.29. The second-order valence-corrected chi connectivity index (χ2v) is 8.69. The number of likely N-dealkylation sites (N-methyl/N-ethyl adjacent to an activating group) is 1. The van der Waals surface area contributed by atoms with Crippen molar-refractivity contribution >= 4 is 11.8 Å². The first-order valence-electron chi connectivity index (χ1n) is 11.7. The number of pyridine rings is 1. The van der Waals surface area contributed by atoms with Gasteiger partial charge in [-0.2, -0.15) is 0 Å². The van der Waals surface area contributed by atoms with Gasteiger partial charge in [0.1, 0.15) is 11.6 Å². The van der Waals surface area contributed by atoms with E-state index in [-0.39, 0.29) is 0 Å². The van der Waals surface area contributed by atoms with Gasteiger partial charge < -0.3 is 24.8 Å². The molecule has 1 aromatic heterocycles. The summed E-state index contributed by atoms with van der Waals surface area (Å²) in [5.41, 5.74) is 2.51. The topological polar surface area (TPSA) is 56.2 Å². The number of anilines is 1. The summed E-state index contributed by atoms with van der Waals surface area (Å²) in [6.07, 6.45) is 3.11.